The molecule has 0 aliphatic heterocycles. The van der Waals surface area contributed by atoms with Gasteiger partial charge in [-0.05, 0) is 119 Å². The van der Waals surface area contributed by atoms with Gasteiger partial charge in [0.15, 0.2) is 0 Å². The Hall–Kier alpha value is -6.76. The van der Waals surface area contributed by atoms with E-state index in [2.05, 4.69) is 219 Å². The van der Waals surface area contributed by atoms with Gasteiger partial charge in [-0.2, -0.15) is 0 Å². The fourth-order valence-electron chi connectivity index (χ4n) is 8.09. The van der Waals surface area contributed by atoms with E-state index >= 15 is 0 Å². The second-order valence-corrected chi connectivity index (χ2v) is 14.1. The lowest BCUT2D eigenvalue weighted by Gasteiger charge is -2.00. The molecule has 54 heavy (non-hydrogen) atoms. The van der Waals surface area contributed by atoms with Gasteiger partial charge in [0.1, 0.15) is 0 Å². The Kier molecular flexibility index (Phi) is 9.01. The Morgan fingerprint density at radius 3 is 1.13 bits per heavy atom. The summed E-state index contributed by atoms with van der Waals surface area (Å²) in [5, 5.41) is 10.7. The monoisotopic (exact) mass is 688 g/mol. The van der Waals surface area contributed by atoms with Crippen molar-refractivity contribution in [2.24, 2.45) is 0 Å². The van der Waals surface area contributed by atoms with Crippen LogP contribution in [-0.2, 0) is 6.42 Å². The van der Waals surface area contributed by atoms with Crippen LogP contribution >= 0.6 is 0 Å². The van der Waals surface area contributed by atoms with Crippen LogP contribution in [0, 0.1) is 6.92 Å². The van der Waals surface area contributed by atoms with Gasteiger partial charge in [-0.25, -0.2) is 0 Å². The summed E-state index contributed by atoms with van der Waals surface area (Å²) in [6.45, 7) is 2.14. The third kappa shape index (κ3) is 6.44. The molecule has 0 bridgehead atoms. The van der Waals surface area contributed by atoms with Crippen molar-refractivity contribution < 1.29 is 0 Å². The van der Waals surface area contributed by atoms with E-state index in [1.165, 1.54) is 93.2 Å². The molecule has 0 unspecified atom stereocenters. The number of fused-ring (bicyclic) bond motifs is 9. The Morgan fingerprint density at radius 1 is 0.278 bits per heavy atom. The lowest BCUT2D eigenvalue weighted by atomic mass is 10.0. The fourth-order valence-corrected chi connectivity index (χ4v) is 8.09. The van der Waals surface area contributed by atoms with Crippen LogP contribution in [0.25, 0.3) is 76.5 Å². The van der Waals surface area contributed by atoms with Gasteiger partial charge in [-0.3, -0.25) is 0 Å². The van der Waals surface area contributed by atoms with E-state index in [4.69, 9.17) is 0 Å². The van der Waals surface area contributed by atoms with Crippen LogP contribution in [0.15, 0.2) is 212 Å². The molecule has 10 aromatic rings. The molecule has 0 N–H and O–H groups in total. The van der Waals surface area contributed by atoms with E-state index in [0.717, 1.165) is 6.42 Å². The van der Waals surface area contributed by atoms with Crippen LogP contribution in [0.3, 0.4) is 0 Å². The summed E-state index contributed by atoms with van der Waals surface area (Å²) in [7, 11) is 0. The number of benzene rings is 10. The minimum Gasteiger partial charge on any atom is -0.0619 e. The van der Waals surface area contributed by atoms with Crippen molar-refractivity contribution >= 4 is 43.1 Å². The molecule has 0 atom stereocenters. The molecule has 2 aliphatic carbocycles. The minimum atomic E-state index is 1.10. The predicted molar refractivity (Wildman–Crippen MR) is 233 cm³/mol. The summed E-state index contributed by atoms with van der Waals surface area (Å²) in [5.41, 5.74) is 12.6. The number of aryl methyl sites for hydroxylation is 1. The summed E-state index contributed by atoms with van der Waals surface area (Å²) in [5.74, 6) is 0. The van der Waals surface area contributed by atoms with Crippen molar-refractivity contribution in [2.45, 2.75) is 13.3 Å². The van der Waals surface area contributed by atoms with Crippen LogP contribution in [0.4, 0.5) is 0 Å². The van der Waals surface area contributed by atoms with Crippen molar-refractivity contribution in [1.29, 1.82) is 0 Å². The molecule has 0 amide bonds. The topological polar surface area (TPSA) is 0 Å². The van der Waals surface area contributed by atoms with Gasteiger partial charge in [0.2, 0.25) is 0 Å². The number of rotatable bonds is 0. The fraction of sp³-hybridized carbons (Fsp3) is 0.0370. The second kappa shape index (κ2) is 14.7. The molecule has 0 heterocycles. The van der Waals surface area contributed by atoms with Crippen molar-refractivity contribution in [3.63, 3.8) is 0 Å². The maximum Gasteiger partial charge on any atom is -0.00135 e. The largest absolute Gasteiger partial charge is 0.0619 e. The normalized spacial score (nSPS) is 11.4. The van der Waals surface area contributed by atoms with Crippen LogP contribution in [0.2, 0.25) is 0 Å². The quantitative estimate of drug-likeness (QED) is 0.139. The third-order valence-electron chi connectivity index (χ3n) is 10.7. The highest BCUT2D eigenvalue weighted by atomic mass is 14.2. The first-order valence-corrected chi connectivity index (χ1v) is 18.8. The second-order valence-electron chi connectivity index (χ2n) is 14.1. The van der Waals surface area contributed by atoms with Crippen molar-refractivity contribution in [1.82, 2.24) is 0 Å². The van der Waals surface area contributed by atoms with E-state index < -0.39 is 0 Å². The molecular formula is C54H40. The van der Waals surface area contributed by atoms with Gasteiger partial charge >= 0.3 is 0 Å². The Labute approximate surface area is 317 Å². The zero-order valence-corrected chi connectivity index (χ0v) is 30.4. The lowest BCUT2D eigenvalue weighted by Crippen LogP contribution is -1.77. The maximum absolute atomic E-state index is 2.24. The molecule has 12 rings (SSSR count). The van der Waals surface area contributed by atoms with Gasteiger partial charge < -0.3 is 0 Å². The molecule has 256 valence electrons. The van der Waals surface area contributed by atoms with E-state index in [-0.39, 0.29) is 0 Å². The zero-order chi connectivity index (χ0) is 36.3. The molecule has 0 radical (unpaired) electrons. The van der Waals surface area contributed by atoms with E-state index in [1.807, 2.05) is 0 Å². The number of hydrogen-bond donors (Lipinski definition) is 0. The molecular weight excluding hydrogens is 649 g/mol. The highest BCUT2D eigenvalue weighted by molar-refractivity contribution is 6.15. The molecule has 0 aromatic heterocycles. The smallest absolute Gasteiger partial charge is 0.00135 e. The Bertz CT molecular complexity index is 2720. The summed E-state index contributed by atoms with van der Waals surface area (Å²) < 4.78 is 0. The third-order valence-corrected chi connectivity index (χ3v) is 10.7. The van der Waals surface area contributed by atoms with E-state index in [0.29, 0.717) is 0 Å². The number of hydrogen-bond acceptors (Lipinski definition) is 0. The first-order chi connectivity index (χ1) is 26.7. The summed E-state index contributed by atoms with van der Waals surface area (Å²) in [4.78, 5) is 0. The molecule has 0 saturated carbocycles. The average Bonchev–Trinajstić information content (AvgIpc) is 3.78. The Morgan fingerprint density at radius 2 is 0.630 bits per heavy atom. The summed E-state index contributed by atoms with van der Waals surface area (Å²) >= 11 is 0. The highest BCUT2D eigenvalue weighted by Crippen LogP contribution is 2.46. The van der Waals surface area contributed by atoms with Gasteiger partial charge in [-0.15, -0.1) is 0 Å². The van der Waals surface area contributed by atoms with Crippen molar-refractivity contribution in [3.8, 4) is 33.4 Å². The zero-order valence-electron chi connectivity index (χ0n) is 30.4. The molecule has 0 spiro atoms. The predicted octanol–water partition coefficient (Wildman–Crippen LogP) is 14.9. The van der Waals surface area contributed by atoms with Crippen LogP contribution < -0.4 is 0 Å². The minimum absolute atomic E-state index is 1.10. The van der Waals surface area contributed by atoms with Gasteiger partial charge in [0, 0.05) is 0 Å². The first-order valence-electron chi connectivity index (χ1n) is 18.8. The van der Waals surface area contributed by atoms with Gasteiger partial charge in [-0.1, -0.05) is 200 Å². The molecule has 0 heteroatoms. The standard InChI is InChI=1S/C16H10.C14H10.C13H10.C11H10/c1-2-8-13-12(7-1)14-9-3-5-11-6-4-10-15(13)16(11)14;1-2-6-12-10-14-8-4-3-7-13(14)9-11(12)5-1;1-3-7-12-10(5-1)9-11-6-2-4-8-13(11)12;1-9-5-4-7-10-6-2-3-8-11(9)10/h1-10H;1-10H;1-8H,9H2;2-8H,1H3. The SMILES string of the molecule is Cc1cccc2ccccc12.c1ccc2c(c1)-c1cccc3cccc-2c13.c1ccc2c(c1)Cc1ccccc1-2.c1ccc2cc3ccccc3cc2c1. The van der Waals surface area contributed by atoms with Crippen LogP contribution in [0.5, 0.6) is 0 Å². The summed E-state index contributed by atoms with van der Waals surface area (Å²) in [6, 6.07) is 75.3. The van der Waals surface area contributed by atoms with Crippen molar-refractivity contribution in [3.05, 3.63) is 229 Å². The summed E-state index contributed by atoms with van der Waals surface area (Å²) in [6.07, 6.45) is 1.10. The van der Waals surface area contributed by atoms with Crippen LogP contribution in [0.1, 0.15) is 16.7 Å². The molecule has 10 aromatic carbocycles. The average molecular weight is 689 g/mol. The van der Waals surface area contributed by atoms with E-state index in [9.17, 15) is 0 Å². The molecule has 0 saturated heterocycles. The maximum atomic E-state index is 2.24. The first kappa shape index (κ1) is 33.1. The molecule has 0 fully saturated rings. The van der Waals surface area contributed by atoms with Gasteiger partial charge in [0.05, 0.1) is 0 Å². The van der Waals surface area contributed by atoms with E-state index in [1.54, 1.807) is 0 Å². The van der Waals surface area contributed by atoms with Crippen molar-refractivity contribution in [2.75, 3.05) is 0 Å². The lowest BCUT2D eigenvalue weighted by molar-refractivity contribution is 1.26. The molecule has 0 nitrogen and oxygen atoms in total. The molecule has 2 aliphatic rings. The highest BCUT2D eigenvalue weighted by Gasteiger charge is 2.19. The van der Waals surface area contributed by atoms with Crippen LogP contribution in [-0.4, -0.2) is 0 Å². The van der Waals surface area contributed by atoms with Gasteiger partial charge in [0.25, 0.3) is 0 Å². The Balaban J connectivity index is 0.0000000958.